The second-order valence-electron chi connectivity index (χ2n) is 2.91. The molecule has 0 bridgehead atoms. The topological polar surface area (TPSA) is 29.3 Å². The smallest absolute Gasteiger partial charge is 0.251 e. The van der Waals surface area contributed by atoms with Crippen molar-refractivity contribution in [2.45, 2.75) is 25.3 Å². The van der Waals surface area contributed by atoms with E-state index in [4.69, 9.17) is 5.73 Å². The molecule has 1 heterocycles. The average molecular weight is 164 g/mol. The number of rotatable bonds is 4. The highest BCUT2D eigenvalue weighted by Gasteiger charge is 2.28. The lowest BCUT2D eigenvalue weighted by atomic mass is 10.00. The number of halogens is 2. The Labute approximate surface area is 65.4 Å². The van der Waals surface area contributed by atoms with Crippen LogP contribution >= 0.6 is 0 Å². The van der Waals surface area contributed by atoms with Gasteiger partial charge in [0.15, 0.2) is 0 Å². The molecule has 0 amide bonds. The van der Waals surface area contributed by atoms with Gasteiger partial charge in [0.05, 0.1) is 6.54 Å². The Morgan fingerprint density at radius 1 is 1.55 bits per heavy atom. The maximum atomic E-state index is 11.8. The third-order valence-electron chi connectivity index (χ3n) is 2.14. The first-order chi connectivity index (χ1) is 5.24. The van der Waals surface area contributed by atoms with Crippen molar-refractivity contribution in [2.75, 3.05) is 19.6 Å². The van der Waals surface area contributed by atoms with Crippen molar-refractivity contribution < 1.29 is 8.78 Å². The first-order valence-corrected chi connectivity index (χ1v) is 3.96. The summed E-state index contributed by atoms with van der Waals surface area (Å²) in [7, 11) is 0. The molecule has 1 aliphatic heterocycles. The quantitative estimate of drug-likeness (QED) is 0.662. The molecule has 66 valence electrons. The van der Waals surface area contributed by atoms with Crippen molar-refractivity contribution in [3.8, 4) is 0 Å². The monoisotopic (exact) mass is 164 g/mol. The van der Waals surface area contributed by atoms with Crippen LogP contribution in [0.3, 0.4) is 0 Å². The molecule has 0 aliphatic carbocycles. The van der Waals surface area contributed by atoms with Crippen LogP contribution in [0.25, 0.3) is 0 Å². The summed E-state index contributed by atoms with van der Waals surface area (Å²) < 4.78 is 23.7. The molecule has 1 atom stereocenters. The van der Waals surface area contributed by atoms with Crippen molar-refractivity contribution >= 4 is 0 Å². The van der Waals surface area contributed by atoms with Crippen LogP contribution < -0.4 is 5.73 Å². The minimum Gasteiger partial charge on any atom is -0.330 e. The van der Waals surface area contributed by atoms with Gasteiger partial charge in [-0.1, -0.05) is 0 Å². The van der Waals surface area contributed by atoms with Gasteiger partial charge in [-0.25, -0.2) is 8.78 Å². The number of nitrogens with zero attached hydrogens (tertiary/aromatic N) is 1. The van der Waals surface area contributed by atoms with Crippen LogP contribution in [0.4, 0.5) is 8.78 Å². The van der Waals surface area contributed by atoms with E-state index >= 15 is 0 Å². The summed E-state index contributed by atoms with van der Waals surface area (Å²) in [5, 5.41) is 0. The molecule has 11 heavy (non-hydrogen) atoms. The molecule has 1 rings (SSSR count). The number of nitrogens with two attached hydrogens (primary N) is 1. The van der Waals surface area contributed by atoms with Crippen molar-refractivity contribution in [2.24, 2.45) is 5.73 Å². The predicted molar refractivity (Wildman–Crippen MR) is 39.7 cm³/mol. The van der Waals surface area contributed by atoms with Gasteiger partial charge >= 0.3 is 0 Å². The van der Waals surface area contributed by atoms with E-state index in [1.54, 1.807) is 4.90 Å². The van der Waals surface area contributed by atoms with Crippen LogP contribution in [0.15, 0.2) is 0 Å². The van der Waals surface area contributed by atoms with Gasteiger partial charge in [0.1, 0.15) is 0 Å². The molecule has 1 saturated heterocycles. The number of hydrogen-bond donors (Lipinski definition) is 1. The molecule has 0 radical (unpaired) electrons. The van der Waals surface area contributed by atoms with Gasteiger partial charge in [-0.15, -0.1) is 0 Å². The third-order valence-corrected chi connectivity index (χ3v) is 2.14. The Morgan fingerprint density at radius 2 is 2.27 bits per heavy atom. The van der Waals surface area contributed by atoms with Crippen LogP contribution in [0.1, 0.15) is 12.8 Å². The lowest BCUT2D eigenvalue weighted by Crippen LogP contribution is -2.50. The zero-order valence-electron chi connectivity index (χ0n) is 6.47. The van der Waals surface area contributed by atoms with Gasteiger partial charge in [-0.2, -0.15) is 0 Å². The van der Waals surface area contributed by atoms with Crippen LogP contribution in [-0.2, 0) is 0 Å². The minimum absolute atomic E-state index is 0.0787. The van der Waals surface area contributed by atoms with Crippen LogP contribution in [0.2, 0.25) is 0 Å². The fourth-order valence-electron chi connectivity index (χ4n) is 1.43. The van der Waals surface area contributed by atoms with Crippen molar-refractivity contribution in [3.63, 3.8) is 0 Å². The Bertz CT molecular complexity index is 119. The van der Waals surface area contributed by atoms with Gasteiger partial charge in [0.25, 0.3) is 6.43 Å². The van der Waals surface area contributed by atoms with E-state index in [1.165, 1.54) is 0 Å². The van der Waals surface area contributed by atoms with E-state index in [1.807, 2.05) is 0 Å². The minimum atomic E-state index is -2.20. The van der Waals surface area contributed by atoms with Crippen molar-refractivity contribution in [1.29, 1.82) is 0 Å². The Hall–Kier alpha value is -0.220. The van der Waals surface area contributed by atoms with E-state index in [9.17, 15) is 8.78 Å². The molecule has 1 unspecified atom stereocenters. The predicted octanol–water partition coefficient (Wildman–Crippen LogP) is 0.675. The van der Waals surface area contributed by atoms with Crippen LogP contribution in [0, 0.1) is 0 Å². The SMILES string of the molecule is NCCC1CCN1CC(F)F. The summed E-state index contributed by atoms with van der Waals surface area (Å²) in [5.74, 6) is 0. The maximum absolute atomic E-state index is 11.8. The van der Waals surface area contributed by atoms with E-state index in [0.717, 1.165) is 19.4 Å². The number of alkyl halides is 2. The molecular weight excluding hydrogens is 150 g/mol. The lowest BCUT2D eigenvalue weighted by Gasteiger charge is -2.40. The third kappa shape index (κ3) is 2.38. The standard InChI is InChI=1S/C7H14F2N2/c8-7(9)5-11-4-2-6(11)1-3-10/h6-7H,1-5,10H2. The molecule has 0 saturated carbocycles. The molecule has 1 aliphatic rings. The molecule has 2 nitrogen and oxygen atoms in total. The molecule has 0 spiro atoms. The highest BCUT2D eigenvalue weighted by atomic mass is 19.3. The van der Waals surface area contributed by atoms with Gasteiger partial charge in [-0.05, 0) is 19.4 Å². The zero-order valence-corrected chi connectivity index (χ0v) is 6.47. The van der Waals surface area contributed by atoms with Crippen molar-refractivity contribution in [3.05, 3.63) is 0 Å². The number of hydrogen-bond acceptors (Lipinski definition) is 2. The summed E-state index contributed by atoms with van der Waals surface area (Å²) in [6.07, 6.45) is -0.313. The first-order valence-electron chi connectivity index (χ1n) is 3.96. The molecular formula is C7H14F2N2. The second kappa shape index (κ2) is 3.97. The fraction of sp³-hybridized carbons (Fsp3) is 1.00. The van der Waals surface area contributed by atoms with E-state index < -0.39 is 6.43 Å². The average Bonchev–Trinajstić information content (AvgIpc) is 1.93. The van der Waals surface area contributed by atoms with Crippen LogP contribution in [0.5, 0.6) is 0 Å². The number of likely N-dealkylation sites (tertiary alicyclic amines) is 1. The van der Waals surface area contributed by atoms with Crippen molar-refractivity contribution in [1.82, 2.24) is 4.90 Å². The summed E-state index contributed by atoms with van der Waals surface area (Å²) in [4.78, 5) is 1.80. The highest BCUT2D eigenvalue weighted by Crippen LogP contribution is 2.20. The Balaban J connectivity index is 2.15. The maximum Gasteiger partial charge on any atom is 0.251 e. The first kappa shape index (κ1) is 8.87. The Kier molecular flexibility index (Phi) is 3.20. The molecule has 2 N–H and O–H groups in total. The largest absolute Gasteiger partial charge is 0.330 e. The van der Waals surface area contributed by atoms with Gasteiger partial charge in [-0.3, -0.25) is 4.90 Å². The lowest BCUT2D eigenvalue weighted by molar-refractivity contribution is 0.0144. The van der Waals surface area contributed by atoms with E-state index in [0.29, 0.717) is 12.6 Å². The Morgan fingerprint density at radius 3 is 2.64 bits per heavy atom. The second-order valence-corrected chi connectivity index (χ2v) is 2.91. The van der Waals surface area contributed by atoms with Gasteiger partial charge in [0.2, 0.25) is 0 Å². The summed E-state index contributed by atoms with van der Waals surface area (Å²) in [6.45, 7) is 1.34. The van der Waals surface area contributed by atoms with Gasteiger partial charge < -0.3 is 5.73 Å². The molecule has 0 aromatic rings. The zero-order chi connectivity index (χ0) is 8.27. The highest BCUT2D eigenvalue weighted by molar-refractivity contribution is 4.82. The van der Waals surface area contributed by atoms with Crippen LogP contribution in [-0.4, -0.2) is 37.0 Å². The van der Waals surface area contributed by atoms with E-state index in [2.05, 4.69) is 0 Å². The molecule has 4 heteroatoms. The summed E-state index contributed by atoms with van der Waals surface area (Å²) in [6, 6.07) is 0.328. The normalized spacial score (nSPS) is 25.6. The molecule has 0 aromatic carbocycles. The molecule has 0 aromatic heterocycles. The summed E-state index contributed by atoms with van der Waals surface area (Å²) in [5.41, 5.74) is 5.32. The van der Waals surface area contributed by atoms with E-state index in [-0.39, 0.29) is 6.54 Å². The summed E-state index contributed by atoms with van der Waals surface area (Å²) >= 11 is 0. The van der Waals surface area contributed by atoms with Gasteiger partial charge in [0, 0.05) is 12.6 Å². The fourth-order valence-corrected chi connectivity index (χ4v) is 1.43. The molecule has 1 fully saturated rings.